The summed E-state index contributed by atoms with van der Waals surface area (Å²) in [6.07, 6.45) is 5.55. The van der Waals surface area contributed by atoms with Crippen molar-refractivity contribution in [3.05, 3.63) is 0 Å². The van der Waals surface area contributed by atoms with Gasteiger partial charge in [0.15, 0.2) is 0 Å². The monoisotopic (exact) mass is 127 g/mol. The highest BCUT2D eigenvalue weighted by Gasteiger charge is 2.53. The molecule has 2 aliphatic carbocycles. The molecule has 52 valence electrons. The third-order valence-corrected chi connectivity index (χ3v) is 2.71. The highest BCUT2D eigenvalue weighted by Crippen LogP contribution is 2.61. The van der Waals surface area contributed by atoms with E-state index in [-0.39, 0.29) is 0 Å². The molecule has 0 radical (unpaired) electrons. The molecule has 9 heavy (non-hydrogen) atoms. The number of hydrogen-bond donors (Lipinski definition) is 1. The SMILES string of the molecule is NOCC1(C2CC2)CC1. The Bertz CT molecular complexity index is 116. The van der Waals surface area contributed by atoms with Crippen molar-refractivity contribution in [1.29, 1.82) is 0 Å². The van der Waals surface area contributed by atoms with Crippen LogP contribution in [0.3, 0.4) is 0 Å². The van der Waals surface area contributed by atoms with E-state index in [1.165, 1.54) is 25.7 Å². The van der Waals surface area contributed by atoms with Gasteiger partial charge in [-0.25, -0.2) is 5.90 Å². The van der Waals surface area contributed by atoms with E-state index in [0.29, 0.717) is 5.41 Å². The summed E-state index contributed by atoms with van der Waals surface area (Å²) in [4.78, 5) is 4.67. The van der Waals surface area contributed by atoms with Gasteiger partial charge in [-0.3, -0.25) is 0 Å². The van der Waals surface area contributed by atoms with Crippen molar-refractivity contribution >= 4 is 0 Å². The first-order chi connectivity index (χ1) is 4.37. The van der Waals surface area contributed by atoms with Gasteiger partial charge in [0.05, 0.1) is 6.61 Å². The lowest BCUT2D eigenvalue weighted by Crippen LogP contribution is -2.15. The average molecular weight is 127 g/mol. The van der Waals surface area contributed by atoms with E-state index in [4.69, 9.17) is 5.90 Å². The molecular weight excluding hydrogens is 114 g/mol. The lowest BCUT2D eigenvalue weighted by molar-refractivity contribution is 0.0827. The van der Waals surface area contributed by atoms with E-state index in [2.05, 4.69) is 4.84 Å². The standard InChI is InChI=1S/C7H13NO/c8-9-5-7(3-4-7)6-1-2-6/h6H,1-5,8H2. The lowest BCUT2D eigenvalue weighted by atomic mass is 10.0. The molecule has 0 aromatic carbocycles. The lowest BCUT2D eigenvalue weighted by Gasteiger charge is -2.09. The zero-order valence-corrected chi connectivity index (χ0v) is 5.60. The summed E-state index contributed by atoms with van der Waals surface area (Å²) in [5, 5.41) is 0. The first-order valence-electron chi connectivity index (χ1n) is 3.69. The van der Waals surface area contributed by atoms with Crippen LogP contribution < -0.4 is 5.90 Å². The largest absolute Gasteiger partial charge is 0.304 e. The van der Waals surface area contributed by atoms with Crippen LogP contribution in [-0.2, 0) is 4.84 Å². The molecule has 2 rings (SSSR count). The topological polar surface area (TPSA) is 35.2 Å². The van der Waals surface area contributed by atoms with Gasteiger partial charge in [-0.15, -0.1) is 0 Å². The molecule has 2 heteroatoms. The first kappa shape index (κ1) is 5.69. The molecule has 0 saturated heterocycles. The average Bonchev–Trinajstić information content (AvgIpc) is 2.61. The van der Waals surface area contributed by atoms with E-state index >= 15 is 0 Å². The van der Waals surface area contributed by atoms with Crippen LogP contribution in [-0.4, -0.2) is 6.61 Å². The van der Waals surface area contributed by atoms with Crippen molar-refractivity contribution in [3.8, 4) is 0 Å². The molecule has 2 saturated carbocycles. The maximum absolute atomic E-state index is 5.02. The van der Waals surface area contributed by atoms with Crippen molar-refractivity contribution in [2.24, 2.45) is 17.2 Å². The molecule has 0 atom stereocenters. The molecule has 0 unspecified atom stereocenters. The Labute approximate surface area is 55.3 Å². The van der Waals surface area contributed by atoms with Gasteiger partial charge in [-0.2, -0.15) is 0 Å². The van der Waals surface area contributed by atoms with Crippen LogP contribution in [0.25, 0.3) is 0 Å². The predicted molar refractivity (Wildman–Crippen MR) is 34.5 cm³/mol. The molecule has 0 aliphatic heterocycles. The number of hydrogen-bond acceptors (Lipinski definition) is 2. The minimum atomic E-state index is 0.564. The predicted octanol–water partition coefficient (Wildman–Crippen LogP) is 1.07. The maximum atomic E-state index is 5.02. The molecule has 0 amide bonds. The third-order valence-electron chi connectivity index (χ3n) is 2.71. The number of nitrogens with two attached hydrogens (primary N) is 1. The second kappa shape index (κ2) is 1.70. The van der Waals surface area contributed by atoms with Gasteiger partial charge < -0.3 is 4.84 Å². The van der Waals surface area contributed by atoms with Gasteiger partial charge >= 0.3 is 0 Å². The van der Waals surface area contributed by atoms with Gasteiger partial charge in [0.1, 0.15) is 0 Å². The van der Waals surface area contributed by atoms with Crippen LogP contribution in [0.4, 0.5) is 0 Å². The highest BCUT2D eigenvalue weighted by molar-refractivity contribution is 5.03. The highest BCUT2D eigenvalue weighted by atomic mass is 16.6. The minimum absolute atomic E-state index is 0.564. The quantitative estimate of drug-likeness (QED) is 0.575. The zero-order chi connectivity index (χ0) is 6.32. The van der Waals surface area contributed by atoms with Crippen LogP contribution in [0.2, 0.25) is 0 Å². The summed E-state index contributed by atoms with van der Waals surface area (Å²) < 4.78 is 0. The summed E-state index contributed by atoms with van der Waals surface area (Å²) in [6.45, 7) is 0.803. The Hall–Kier alpha value is -0.0800. The summed E-state index contributed by atoms with van der Waals surface area (Å²) >= 11 is 0. The van der Waals surface area contributed by atoms with Crippen LogP contribution in [0, 0.1) is 11.3 Å². The van der Waals surface area contributed by atoms with Crippen molar-refractivity contribution in [2.75, 3.05) is 6.61 Å². The summed E-state index contributed by atoms with van der Waals surface area (Å²) in [6, 6.07) is 0. The normalized spacial score (nSPS) is 30.3. The van der Waals surface area contributed by atoms with Gasteiger partial charge in [-0.05, 0) is 37.0 Å². The minimum Gasteiger partial charge on any atom is -0.304 e. The van der Waals surface area contributed by atoms with E-state index in [9.17, 15) is 0 Å². The smallest absolute Gasteiger partial charge is 0.0738 e. The van der Waals surface area contributed by atoms with Crippen molar-refractivity contribution in [2.45, 2.75) is 25.7 Å². The van der Waals surface area contributed by atoms with Crippen molar-refractivity contribution in [1.82, 2.24) is 0 Å². The Kier molecular flexibility index (Phi) is 1.08. The first-order valence-corrected chi connectivity index (χ1v) is 3.69. The van der Waals surface area contributed by atoms with Crippen molar-refractivity contribution in [3.63, 3.8) is 0 Å². The van der Waals surface area contributed by atoms with E-state index in [0.717, 1.165) is 12.5 Å². The summed E-state index contributed by atoms with van der Waals surface area (Å²) in [5.74, 6) is 5.99. The fraction of sp³-hybridized carbons (Fsp3) is 1.00. The van der Waals surface area contributed by atoms with E-state index in [1.54, 1.807) is 0 Å². The van der Waals surface area contributed by atoms with Crippen LogP contribution in [0.1, 0.15) is 25.7 Å². The maximum Gasteiger partial charge on any atom is 0.0738 e. The van der Waals surface area contributed by atoms with Crippen LogP contribution in [0.5, 0.6) is 0 Å². The molecule has 2 nitrogen and oxygen atoms in total. The molecule has 2 N–H and O–H groups in total. The molecule has 2 fully saturated rings. The number of rotatable bonds is 3. The summed E-state index contributed by atoms with van der Waals surface area (Å²) in [7, 11) is 0. The Morgan fingerprint density at radius 3 is 2.44 bits per heavy atom. The van der Waals surface area contributed by atoms with E-state index < -0.39 is 0 Å². The van der Waals surface area contributed by atoms with Gasteiger partial charge in [0.2, 0.25) is 0 Å². The van der Waals surface area contributed by atoms with Gasteiger partial charge in [0.25, 0.3) is 0 Å². The Morgan fingerprint density at radius 2 is 2.11 bits per heavy atom. The van der Waals surface area contributed by atoms with E-state index in [1.807, 2.05) is 0 Å². The fourth-order valence-electron chi connectivity index (χ4n) is 1.69. The van der Waals surface area contributed by atoms with Gasteiger partial charge in [-0.1, -0.05) is 0 Å². The molecule has 0 aromatic heterocycles. The molecular formula is C7H13NO. The summed E-state index contributed by atoms with van der Waals surface area (Å²) in [5.41, 5.74) is 0.564. The molecule has 0 bridgehead atoms. The zero-order valence-electron chi connectivity index (χ0n) is 5.60. The third kappa shape index (κ3) is 0.864. The molecule has 0 heterocycles. The Morgan fingerprint density at radius 1 is 1.44 bits per heavy atom. The molecule has 2 aliphatic rings. The Balaban J connectivity index is 1.89. The van der Waals surface area contributed by atoms with Gasteiger partial charge in [0, 0.05) is 0 Å². The molecule has 0 aromatic rings. The van der Waals surface area contributed by atoms with Crippen LogP contribution >= 0.6 is 0 Å². The fourth-order valence-corrected chi connectivity index (χ4v) is 1.69. The van der Waals surface area contributed by atoms with Crippen LogP contribution in [0.15, 0.2) is 0 Å². The second-order valence-electron chi connectivity index (χ2n) is 3.45. The molecule has 0 spiro atoms. The second-order valence-corrected chi connectivity index (χ2v) is 3.45. The van der Waals surface area contributed by atoms with Crippen molar-refractivity contribution < 1.29 is 4.84 Å².